The van der Waals surface area contributed by atoms with Crippen molar-refractivity contribution < 1.29 is 58.8 Å². The van der Waals surface area contributed by atoms with E-state index in [9.17, 15) is 58.8 Å². The zero-order chi connectivity index (χ0) is 95.6. The lowest BCUT2D eigenvalue weighted by atomic mass is 9.57. The number of para-hydroxylation sites is 4. The number of hydrogen-bond acceptors (Lipinski definition) is 12. The van der Waals surface area contributed by atoms with E-state index < -0.39 is 79.4 Å². The number of amides is 8. The molecule has 4 aromatic carbocycles. The van der Waals surface area contributed by atoms with Crippen LogP contribution in [0.4, 0.5) is 22.7 Å². The lowest BCUT2D eigenvalue weighted by molar-refractivity contribution is -0.180. The molecule has 0 saturated carbocycles. The minimum atomic E-state index is -1.30. The second-order valence-electron chi connectivity index (χ2n) is 32.9. The minimum absolute atomic E-state index is 0.0239. The molecule has 128 heavy (non-hydrogen) atoms. The van der Waals surface area contributed by atoms with E-state index in [0.29, 0.717) is 51.9 Å². The molecule has 20 nitrogen and oxygen atoms in total. The summed E-state index contributed by atoms with van der Waals surface area (Å²) < 4.78 is -6.00. The van der Waals surface area contributed by atoms with Gasteiger partial charge in [0.1, 0.15) is 22.4 Å². The Hall–Kier alpha value is -0.560. The van der Waals surface area contributed by atoms with Gasteiger partial charge in [-0.15, -0.1) is 0 Å². The van der Waals surface area contributed by atoms with E-state index >= 15 is 0 Å². The monoisotopic (exact) mass is 2250 g/mol. The summed E-state index contributed by atoms with van der Waals surface area (Å²) >= 11 is 115. The van der Waals surface area contributed by atoms with Crippen LogP contribution in [0.15, 0.2) is 97.1 Å². The summed E-state index contributed by atoms with van der Waals surface area (Å²) in [6.45, 7) is 11.1. The van der Waals surface area contributed by atoms with Crippen LogP contribution in [0, 0.1) is 21.7 Å². The third kappa shape index (κ3) is 19.0. The van der Waals surface area contributed by atoms with E-state index in [-0.39, 0.29) is 94.6 Å². The van der Waals surface area contributed by atoms with Gasteiger partial charge in [-0.3, -0.25) is 58.0 Å². The van der Waals surface area contributed by atoms with E-state index in [2.05, 4.69) is 27.7 Å². The summed E-state index contributed by atoms with van der Waals surface area (Å²) in [4.78, 5) is 118. The molecule has 0 aliphatic carbocycles. The molecule has 16 aliphatic heterocycles. The SMILES string of the molecule is CC[C@]12CCCN3C(=O)C[C@]4(O)c5ccccc5N(C(=O)CC1)[C@@]324.CC[C@]12CCCN3C(=O)C[C@]4(O)c5ccccc5N(C(=O)CC1)[C@@]324.CC[C@]12CCCN3C(=O)C[C@]4(O)c5ccccc5N(C(=O)CC1)[C@@]324.CC[C@]12CCCN3C(=O)C[C@]4(O)c5ccccc5N(C(=O)CC1)[C@@]324.ClC(Cl)Cl.ClC(Cl)Cl.ClC(Cl)Cl.ClC(Cl)Cl.ClC(Cl)Cl.ClC(Cl)Cl.ClC(Cl)Cl.ClC(Cl)Cl. The Kier molecular flexibility index (Phi) is 38.6. The number of piperidine rings is 8. The van der Waals surface area contributed by atoms with Crippen molar-refractivity contribution in [3.05, 3.63) is 119 Å². The molecule has 0 aromatic heterocycles. The predicted octanol–water partition coefficient (Wildman–Crippen LogP) is 24.4. The Balaban J connectivity index is 0.000000173. The molecule has 44 heteroatoms. The molecule has 8 amide bonds. The largest absolute Gasteiger partial charge is 0.380 e. The van der Waals surface area contributed by atoms with Crippen molar-refractivity contribution in [1.82, 2.24) is 19.6 Å². The van der Waals surface area contributed by atoms with Crippen molar-refractivity contribution in [2.24, 2.45) is 21.7 Å². The molecule has 4 N–H and O–H groups in total. The molecular formula is C84H96Cl24N8O12. The van der Waals surface area contributed by atoms with Gasteiger partial charge >= 0.3 is 0 Å². The first-order valence-electron chi connectivity index (χ1n) is 41.1. The second-order valence-corrected chi connectivity index (χ2v) is 48.8. The standard InChI is InChI=1S/4C19H22N2O3.8CHCl3/c4*1-2-17-9-5-11-20-16(23)12-18(24)13-6-3-4-7-14(13)21(19(17,18)20)15(22)8-10-17;8*2-1(3)4/h4*3-4,6-7,24H,2,5,8-12H2,1H3;8*1H/t4*17-,18-,19-;;;;;;;;/m0000......../s1. The van der Waals surface area contributed by atoms with Gasteiger partial charge in [0.15, 0.2) is 57.0 Å². The number of benzene rings is 4. The number of anilines is 4. The summed E-state index contributed by atoms with van der Waals surface area (Å²) in [5.74, 6) is 0.0307. The number of carbonyl (C=O) groups excluding carboxylic acids is 8. The van der Waals surface area contributed by atoms with Crippen LogP contribution in [0.2, 0.25) is 0 Å². The highest BCUT2D eigenvalue weighted by atomic mass is 35.6. The summed E-state index contributed by atoms with van der Waals surface area (Å²) in [6, 6.07) is 30.4. The van der Waals surface area contributed by atoms with Crippen molar-refractivity contribution in [1.29, 1.82) is 0 Å². The Labute approximate surface area is 865 Å². The van der Waals surface area contributed by atoms with Crippen molar-refractivity contribution in [3.8, 4) is 0 Å². The van der Waals surface area contributed by atoms with Crippen LogP contribution >= 0.6 is 278 Å². The van der Waals surface area contributed by atoms with Gasteiger partial charge in [-0.05, 0) is 127 Å². The zero-order valence-electron chi connectivity index (χ0n) is 69.4. The fourth-order valence-corrected chi connectivity index (χ4v) is 25.2. The molecule has 12 saturated heterocycles. The number of fused-ring (bicyclic) bond motifs is 12. The highest BCUT2D eigenvalue weighted by molar-refractivity contribution is 6.66. The lowest BCUT2D eigenvalue weighted by Crippen LogP contribution is -2.77. The molecule has 0 radical (unpaired) electrons. The van der Waals surface area contributed by atoms with Crippen molar-refractivity contribution >= 4 is 348 Å². The quantitative estimate of drug-likeness (QED) is 0.139. The third-order valence-electron chi connectivity index (χ3n) is 28.4. The summed E-state index contributed by atoms with van der Waals surface area (Å²) in [5.41, 5.74) is -3.69. The molecule has 16 aliphatic rings. The van der Waals surface area contributed by atoms with Gasteiger partial charge in [0.05, 0.1) is 48.4 Å². The number of rotatable bonds is 4. The van der Waals surface area contributed by atoms with E-state index in [1.54, 1.807) is 19.6 Å². The minimum Gasteiger partial charge on any atom is -0.380 e. The second kappa shape index (κ2) is 44.5. The highest BCUT2D eigenvalue weighted by Gasteiger charge is 2.85. The van der Waals surface area contributed by atoms with E-state index in [1.807, 2.05) is 117 Å². The van der Waals surface area contributed by atoms with Crippen LogP contribution < -0.4 is 19.6 Å². The summed E-state index contributed by atoms with van der Waals surface area (Å²) in [5, 5.41) is 47.6. The van der Waals surface area contributed by atoms with Crippen molar-refractivity contribution in [2.75, 3.05) is 45.8 Å². The first kappa shape index (κ1) is 111. The van der Waals surface area contributed by atoms with Crippen LogP contribution in [0.5, 0.6) is 0 Å². The van der Waals surface area contributed by atoms with E-state index in [1.165, 1.54) is 0 Å². The topological polar surface area (TPSA) is 243 Å². The van der Waals surface area contributed by atoms with Crippen molar-refractivity contribution in [2.45, 2.75) is 261 Å². The van der Waals surface area contributed by atoms with Crippen LogP contribution in [0.25, 0.3) is 0 Å². The average Bonchev–Trinajstić information content (AvgIpc) is 1.49. The molecule has 12 fully saturated rings. The average molecular weight is 2260 g/mol. The number of alkyl halides is 24. The molecule has 0 bridgehead atoms. The summed E-state index contributed by atoms with van der Waals surface area (Å²) in [6.07, 6.45) is 16.3. The smallest absolute Gasteiger partial charge is 0.229 e. The van der Waals surface area contributed by atoms with Gasteiger partial charge in [0.2, 0.25) is 47.3 Å². The van der Waals surface area contributed by atoms with E-state index in [0.717, 1.165) is 148 Å². The van der Waals surface area contributed by atoms with Crippen LogP contribution in [-0.2, 0) is 60.8 Å². The molecule has 20 rings (SSSR count). The number of nitrogens with zero attached hydrogens (tertiary/aromatic N) is 8. The highest BCUT2D eigenvalue weighted by Crippen LogP contribution is 2.75. The fourth-order valence-electron chi connectivity index (χ4n) is 25.2. The first-order valence-corrected chi connectivity index (χ1v) is 51.6. The molecule has 4 aromatic rings. The number of hydrogen-bond donors (Lipinski definition) is 4. The lowest BCUT2D eigenvalue weighted by Gasteiger charge is -2.63. The summed E-state index contributed by atoms with van der Waals surface area (Å²) in [7, 11) is 0. The van der Waals surface area contributed by atoms with Gasteiger partial charge in [-0.1, -0.05) is 379 Å². The predicted molar refractivity (Wildman–Crippen MR) is 523 cm³/mol. The van der Waals surface area contributed by atoms with E-state index in [4.69, 9.17) is 278 Å². The maximum absolute atomic E-state index is 13.0. The van der Waals surface area contributed by atoms with Gasteiger partial charge in [0, 0.05) is 95.8 Å². The van der Waals surface area contributed by atoms with Crippen LogP contribution in [0.3, 0.4) is 0 Å². The Morgan fingerprint density at radius 2 is 0.398 bits per heavy atom. The van der Waals surface area contributed by atoms with Crippen LogP contribution in [-0.4, -0.2) is 170 Å². The normalized spacial score (nSPS) is 32.1. The molecule has 712 valence electrons. The Morgan fingerprint density at radius 3 is 0.547 bits per heavy atom. The molecular weight excluding hydrogens is 2160 g/mol. The maximum Gasteiger partial charge on any atom is 0.229 e. The molecule has 16 heterocycles. The fraction of sp³-hybridized carbons (Fsp3) is 0.619. The van der Waals surface area contributed by atoms with Gasteiger partial charge < -0.3 is 40.0 Å². The third-order valence-corrected chi connectivity index (χ3v) is 28.4. The zero-order valence-corrected chi connectivity index (χ0v) is 87.5. The number of aliphatic hydroxyl groups is 4. The molecule has 0 unspecified atom stereocenters. The van der Waals surface area contributed by atoms with Crippen molar-refractivity contribution in [3.63, 3.8) is 0 Å². The molecule has 4 spiro atoms. The Bertz CT molecular complexity index is 4070. The van der Waals surface area contributed by atoms with Gasteiger partial charge in [-0.2, -0.15) is 0 Å². The van der Waals surface area contributed by atoms with Crippen LogP contribution in [0.1, 0.15) is 204 Å². The Morgan fingerprint density at radius 1 is 0.250 bits per heavy atom. The van der Waals surface area contributed by atoms with Gasteiger partial charge in [-0.25, -0.2) is 0 Å². The molecule has 12 atom stereocenters. The first-order chi connectivity index (χ1) is 59.9. The van der Waals surface area contributed by atoms with Gasteiger partial charge in [0.25, 0.3) is 0 Å². The number of halogens is 24. The number of carbonyl (C=O) groups is 8. The maximum atomic E-state index is 13.0.